The number of halogens is 1. The van der Waals surface area contributed by atoms with Gasteiger partial charge < -0.3 is 4.74 Å². The maximum Gasteiger partial charge on any atom is 0.142 e. The lowest BCUT2D eigenvalue weighted by Gasteiger charge is -2.15. The lowest BCUT2D eigenvalue weighted by atomic mass is 10.2. The van der Waals surface area contributed by atoms with Crippen molar-refractivity contribution in [3.05, 3.63) is 53.1 Å². The fourth-order valence-electron chi connectivity index (χ4n) is 2.38. The molecule has 0 aliphatic carbocycles. The first kappa shape index (κ1) is 15.0. The van der Waals surface area contributed by atoms with Gasteiger partial charge in [0.1, 0.15) is 17.6 Å². The smallest absolute Gasteiger partial charge is 0.142 e. The summed E-state index contributed by atoms with van der Waals surface area (Å²) in [5.74, 6) is 0.741. The lowest BCUT2D eigenvalue weighted by molar-refractivity contribution is 0.151. The molecule has 3 rings (SSSR count). The Kier molecular flexibility index (Phi) is 5.03. The van der Waals surface area contributed by atoms with E-state index in [1.54, 1.807) is 18.6 Å². The van der Waals surface area contributed by atoms with Crippen molar-refractivity contribution >= 4 is 23.8 Å². The molecule has 1 fully saturated rings. The van der Waals surface area contributed by atoms with Crippen LogP contribution in [0.15, 0.2) is 36.8 Å². The van der Waals surface area contributed by atoms with E-state index in [4.69, 9.17) is 16.3 Å². The second kappa shape index (κ2) is 7.38. The normalized spacial score (nSPS) is 15.5. The SMILES string of the molecule is Clc1ncc(OCN2CCCC2)cc1/C=C/c1ccncc1. The molecule has 2 aromatic rings. The summed E-state index contributed by atoms with van der Waals surface area (Å²) in [5.41, 5.74) is 1.91. The molecule has 5 heteroatoms. The van der Waals surface area contributed by atoms with Crippen LogP contribution in [-0.2, 0) is 0 Å². The highest BCUT2D eigenvalue weighted by atomic mass is 35.5. The third-order valence-corrected chi connectivity index (χ3v) is 3.93. The number of hydrogen-bond acceptors (Lipinski definition) is 4. The van der Waals surface area contributed by atoms with Crippen molar-refractivity contribution in [2.45, 2.75) is 12.8 Å². The highest BCUT2D eigenvalue weighted by Crippen LogP contribution is 2.22. The molecule has 4 nitrogen and oxygen atoms in total. The molecular formula is C17H18ClN3O. The van der Waals surface area contributed by atoms with Crippen molar-refractivity contribution in [3.8, 4) is 5.75 Å². The Bertz CT molecular complexity index is 640. The molecule has 0 radical (unpaired) electrons. The van der Waals surface area contributed by atoms with E-state index in [-0.39, 0.29) is 0 Å². The first-order chi connectivity index (χ1) is 10.8. The highest BCUT2D eigenvalue weighted by molar-refractivity contribution is 6.31. The molecule has 0 amide bonds. The van der Waals surface area contributed by atoms with Crippen molar-refractivity contribution in [2.24, 2.45) is 0 Å². The maximum absolute atomic E-state index is 6.15. The second-order valence-electron chi connectivity index (χ2n) is 5.26. The van der Waals surface area contributed by atoms with Gasteiger partial charge in [0.05, 0.1) is 6.20 Å². The Labute approximate surface area is 135 Å². The molecule has 3 heterocycles. The van der Waals surface area contributed by atoms with Crippen LogP contribution in [0.1, 0.15) is 24.0 Å². The molecule has 114 valence electrons. The van der Waals surface area contributed by atoms with E-state index in [1.165, 1.54) is 12.8 Å². The Morgan fingerprint density at radius 2 is 1.95 bits per heavy atom. The number of likely N-dealkylation sites (tertiary alicyclic amines) is 1. The average Bonchev–Trinajstić information content (AvgIpc) is 3.07. The second-order valence-corrected chi connectivity index (χ2v) is 5.62. The molecule has 0 saturated carbocycles. The van der Waals surface area contributed by atoms with Crippen LogP contribution in [0.4, 0.5) is 0 Å². The summed E-state index contributed by atoms with van der Waals surface area (Å²) in [4.78, 5) is 10.5. The molecule has 1 saturated heterocycles. The number of aromatic nitrogens is 2. The summed E-state index contributed by atoms with van der Waals surface area (Å²) in [7, 11) is 0. The average molecular weight is 316 g/mol. The number of nitrogens with zero attached hydrogens (tertiary/aromatic N) is 3. The van der Waals surface area contributed by atoms with Gasteiger partial charge in [-0.1, -0.05) is 23.8 Å². The van der Waals surface area contributed by atoms with E-state index < -0.39 is 0 Å². The molecule has 0 bridgehead atoms. The molecule has 0 N–H and O–H groups in total. The fraction of sp³-hybridized carbons (Fsp3) is 0.294. The third-order valence-electron chi connectivity index (χ3n) is 3.62. The van der Waals surface area contributed by atoms with Crippen molar-refractivity contribution in [3.63, 3.8) is 0 Å². The first-order valence-electron chi connectivity index (χ1n) is 7.40. The van der Waals surface area contributed by atoms with Gasteiger partial charge in [0.15, 0.2) is 0 Å². The van der Waals surface area contributed by atoms with Crippen LogP contribution in [0.5, 0.6) is 5.75 Å². The zero-order valence-electron chi connectivity index (χ0n) is 12.3. The fourth-order valence-corrected chi connectivity index (χ4v) is 2.55. The molecule has 0 aromatic carbocycles. The predicted octanol–water partition coefficient (Wildman–Crippen LogP) is 3.73. The zero-order chi connectivity index (χ0) is 15.2. The van der Waals surface area contributed by atoms with E-state index in [0.717, 1.165) is 30.0 Å². The molecule has 0 spiro atoms. The number of hydrogen-bond donors (Lipinski definition) is 0. The first-order valence-corrected chi connectivity index (χ1v) is 7.78. The van der Waals surface area contributed by atoms with Gasteiger partial charge in [0, 0.05) is 31.0 Å². The predicted molar refractivity (Wildman–Crippen MR) is 88.7 cm³/mol. The molecular weight excluding hydrogens is 298 g/mol. The van der Waals surface area contributed by atoms with E-state index in [0.29, 0.717) is 11.9 Å². The summed E-state index contributed by atoms with van der Waals surface area (Å²) in [6.07, 6.45) is 11.6. The van der Waals surface area contributed by atoms with Gasteiger partial charge in [-0.05, 0) is 36.6 Å². The minimum Gasteiger partial charge on any atom is -0.477 e. The third kappa shape index (κ3) is 4.06. The van der Waals surface area contributed by atoms with E-state index >= 15 is 0 Å². The molecule has 1 aliphatic heterocycles. The summed E-state index contributed by atoms with van der Waals surface area (Å²) in [6.45, 7) is 2.82. The largest absolute Gasteiger partial charge is 0.477 e. The zero-order valence-corrected chi connectivity index (χ0v) is 13.0. The van der Waals surface area contributed by atoms with Gasteiger partial charge in [-0.25, -0.2) is 4.98 Å². The van der Waals surface area contributed by atoms with Crippen molar-refractivity contribution in [1.29, 1.82) is 0 Å². The van der Waals surface area contributed by atoms with Crippen molar-refractivity contribution in [2.75, 3.05) is 19.8 Å². The monoisotopic (exact) mass is 315 g/mol. The van der Waals surface area contributed by atoms with Gasteiger partial charge in [0.25, 0.3) is 0 Å². The summed E-state index contributed by atoms with van der Waals surface area (Å²) in [5, 5.41) is 0.471. The molecule has 0 unspecified atom stereocenters. The van der Waals surface area contributed by atoms with Crippen molar-refractivity contribution < 1.29 is 4.74 Å². The van der Waals surface area contributed by atoms with Crippen molar-refractivity contribution in [1.82, 2.24) is 14.9 Å². The van der Waals surface area contributed by atoms with Gasteiger partial charge in [-0.3, -0.25) is 9.88 Å². The van der Waals surface area contributed by atoms with Gasteiger partial charge in [-0.2, -0.15) is 0 Å². The Morgan fingerprint density at radius 1 is 1.18 bits per heavy atom. The summed E-state index contributed by atoms with van der Waals surface area (Å²) >= 11 is 6.15. The molecule has 22 heavy (non-hydrogen) atoms. The highest BCUT2D eigenvalue weighted by Gasteiger charge is 2.11. The number of ether oxygens (including phenoxy) is 1. The standard InChI is InChI=1S/C17H18ClN3O/c18-17-15(4-3-14-5-7-19-8-6-14)11-16(12-20-17)22-13-21-9-1-2-10-21/h3-8,11-12H,1-2,9-10,13H2/b4-3+. The lowest BCUT2D eigenvalue weighted by Crippen LogP contribution is -2.24. The Morgan fingerprint density at radius 3 is 2.73 bits per heavy atom. The number of rotatable bonds is 5. The van der Waals surface area contributed by atoms with Crippen LogP contribution in [0.2, 0.25) is 5.15 Å². The van der Waals surface area contributed by atoms with Gasteiger partial charge >= 0.3 is 0 Å². The van der Waals surface area contributed by atoms with Crippen LogP contribution in [0.25, 0.3) is 12.2 Å². The molecule has 0 atom stereocenters. The van der Waals surface area contributed by atoms with Crippen LogP contribution >= 0.6 is 11.6 Å². The van der Waals surface area contributed by atoms with Crippen LogP contribution < -0.4 is 4.74 Å². The Hall–Kier alpha value is -1.91. The summed E-state index contributed by atoms with van der Waals surface area (Å²) in [6, 6.07) is 5.79. The van der Waals surface area contributed by atoms with E-state index in [1.807, 2.05) is 30.4 Å². The van der Waals surface area contributed by atoms with E-state index in [2.05, 4.69) is 14.9 Å². The van der Waals surface area contributed by atoms with Crippen LogP contribution in [0, 0.1) is 0 Å². The minimum atomic E-state index is 0.471. The van der Waals surface area contributed by atoms with E-state index in [9.17, 15) is 0 Å². The Balaban J connectivity index is 1.68. The minimum absolute atomic E-state index is 0.471. The quantitative estimate of drug-likeness (QED) is 0.788. The van der Waals surface area contributed by atoms with Gasteiger partial charge in [-0.15, -0.1) is 0 Å². The molecule has 1 aliphatic rings. The maximum atomic E-state index is 6.15. The van der Waals surface area contributed by atoms with Crippen LogP contribution in [0.3, 0.4) is 0 Å². The van der Waals surface area contributed by atoms with Gasteiger partial charge in [0.2, 0.25) is 0 Å². The molecule has 2 aromatic heterocycles. The topological polar surface area (TPSA) is 38.2 Å². The summed E-state index contributed by atoms with van der Waals surface area (Å²) < 4.78 is 5.80. The number of pyridine rings is 2. The van der Waals surface area contributed by atoms with Crippen LogP contribution in [-0.4, -0.2) is 34.7 Å².